The summed E-state index contributed by atoms with van der Waals surface area (Å²) in [6, 6.07) is 17.4. The molecular formula is C26H28N4O3. The molecule has 2 aliphatic rings. The molecule has 0 spiro atoms. The molecule has 0 bridgehead atoms. The summed E-state index contributed by atoms with van der Waals surface area (Å²) in [6.45, 7) is 3.09. The largest absolute Gasteiger partial charge is 0.382 e. The number of ether oxygens (including phenoxy) is 2. The number of amides is 1. The van der Waals surface area contributed by atoms with Crippen molar-refractivity contribution in [1.29, 1.82) is 0 Å². The third kappa shape index (κ3) is 4.60. The summed E-state index contributed by atoms with van der Waals surface area (Å²) in [5.74, 6) is 0.721. The van der Waals surface area contributed by atoms with Gasteiger partial charge < -0.3 is 20.1 Å². The van der Waals surface area contributed by atoms with E-state index in [0.29, 0.717) is 42.8 Å². The average molecular weight is 445 g/mol. The van der Waals surface area contributed by atoms with E-state index < -0.39 is 0 Å². The molecule has 2 aromatic carbocycles. The Morgan fingerprint density at radius 1 is 0.970 bits per heavy atom. The van der Waals surface area contributed by atoms with Gasteiger partial charge in [-0.15, -0.1) is 0 Å². The topological polar surface area (TPSA) is 90.6 Å². The predicted octanol–water partition coefficient (Wildman–Crippen LogP) is 3.83. The number of carbonyl (C=O) groups is 1. The van der Waals surface area contributed by atoms with Gasteiger partial charge in [-0.2, -0.15) is 0 Å². The summed E-state index contributed by atoms with van der Waals surface area (Å²) in [7, 11) is 0. The standard InChI is InChI=1S/C26H28N4O3/c27-25-24(29-22(16-28-25)18-10-13-32-14-11-18)20-6-8-21(9-7-20)26(31)30-12-15-33-17-23(30)19-4-2-1-3-5-19/h1-9,16,18,23H,10-15,17H2,(H2,27,28)/t23-/m1/s1. The zero-order chi connectivity index (χ0) is 22.6. The minimum atomic E-state index is -0.0928. The van der Waals surface area contributed by atoms with E-state index in [4.69, 9.17) is 20.2 Å². The van der Waals surface area contributed by atoms with Gasteiger partial charge in [-0.3, -0.25) is 4.79 Å². The lowest BCUT2D eigenvalue weighted by Gasteiger charge is -2.36. The smallest absolute Gasteiger partial charge is 0.254 e. The number of rotatable bonds is 4. The van der Waals surface area contributed by atoms with E-state index in [1.807, 2.05) is 59.5 Å². The van der Waals surface area contributed by atoms with Gasteiger partial charge in [-0.25, -0.2) is 9.97 Å². The quantitative estimate of drug-likeness (QED) is 0.658. The molecule has 2 fully saturated rings. The Labute approximate surface area is 193 Å². The van der Waals surface area contributed by atoms with Crippen LogP contribution in [0.15, 0.2) is 60.8 Å². The highest BCUT2D eigenvalue weighted by atomic mass is 16.5. The molecule has 0 aliphatic carbocycles. The fourth-order valence-corrected chi connectivity index (χ4v) is 4.55. The number of anilines is 1. The maximum absolute atomic E-state index is 13.4. The Hall–Kier alpha value is -3.29. The van der Waals surface area contributed by atoms with Crippen molar-refractivity contribution in [3.8, 4) is 11.3 Å². The average Bonchev–Trinajstić information content (AvgIpc) is 2.90. The van der Waals surface area contributed by atoms with Crippen LogP contribution in [-0.2, 0) is 9.47 Å². The van der Waals surface area contributed by atoms with Crippen LogP contribution in [0.2, 0.25) is 0 Å². The van der Waals surface area contributed by atoms with E-state index in [-0.39, 0.29) is 11.9 Å². The minimum Gasteiger partial charge on any atom is -0.382 e. The zero-order valence-corrected chi connectivity index (χ0v) is 18.5. The monoisotopic (exact) mass is 444 g/mol. The van der Waals surface area contributed by atoms with Gasteiger partial charge in [-0.05, 0) is 30.5 Å². The van der Waals surface area contributed by atoms with Crippen LogP contribution in [0.1, 0.15) is 46.4 Å². The fourth-order valence-electron chi connectivity index (χ4n) is 4.55. The van der Waals surface area contributed by atoms with Crippen molar-refractivity contribution in [3.63, 3.8) is 0 Å². The number of hydrogen-bond acceptors (Lipinski definition) is 6. The van der Waals surface area contributed by atoms with Crippen LogP contribution in [0.5, 0.6) is 0 Å². The Morgan fingerprint density at radius 2 is 1.73 bits per heavy atom. The van der Waals surface area contributed by atoms with E-state index >= 15 is 0 Å². The molecule has 1 atom stereocenters. The molecule has 1 aromatic heterocycles. The first-order chi connectivity index (χ1) is 16.2. The van der Waals surface area contributed by atoms with Crippen LogP contribution < -0.4 is 5.73 Å². The lowest BCUT2D eigenvalue weighted by molar-refractivity contribution is -0.00269. The second-order valence-corrected chi connectivity index (χ2v) is 8.49. The molecule has 3 heterocycles. The molecular weight excluding hydrogens is 416 g/mol. The van der Waals surface area contributed by atoms with E-state index in [2.05, 4.69) is 4.98 Å². The first-order valence-corrected chi connectivity index (χ1v) is 11.4. The van der Waals surface area contributed by atoms with Crippen LogP contribution >= 0.6 is 0 Å². The Balaban J connectivity index is 1.37. The molecule has 2 saturated heterocycles. The fraction of sp³-hybridized carbons (Fsp3) is 0.346. The molecule has 5 rings (SSSR count). The molecule has 33 heavy (non-hydrogen) atoms. The second-order valence-electron chi connectivity index (χ2n) is 8.49. The van der Waals surface area contributed by atoms with Gasteiger partial charge in [0.15, 0.2) is 0 Å². The normalized spacial score (nSPS) is 19.4. The number of carbonyl (C=O) groups excluding carboxylic acids is 1. The van der Waals surface area contributed by atoms with Gasteiger partial charge in [-0.1, -0.05) is 42.5 Å². The molecule has 2 aliphatic heterocycles. The van der Waals surface area contributed by atoms with Gasteiger partial charge in [0, 0.05) is 36.8 Å². The van der Waals surface area contributed by atoms with Crippen LogP contribution in [0.4, 0.5) is 5.82 Å². The molecule has 170 valence electrons. The third-order valence-electron chi connectivity index (χ3n) is 6.44. The highest BCUT2D eigenvalue weighted by Gasteiger charge is 2.29. The molecule has 0 unspecified atom stereocenters. The van der Waals surface area contributed by atoms with Crippen molar-refractivity contribution in [2.75, 3.05) is 38.7 Å². The highest BCUT2D eigenvalue weighted by molar-refractivity contribution is 5.95. The van der Waals surface area contributed by atoms with Crippen LogP contribution in [-0.4, -0.2) is 53.7 Å². The van der Waals surface area contributed by atoms with Gasteiger partial charge in [0.2, 0.25) is 0 Å². The summed E-state index contributed by atoms with van der Waals surface area (Å²) in [4.78, 5) is 24.5. The van der Waals surface area contributed by atoms with Crippen LogP contribution in [0, 0.1) is 0 Å². The lowest BCUT2D eigenvalue weighted by atomic mass is 9.96. The zero-order valence-electron chi connectivity index (χ0n) is 18.5. The first kappa shape index (κ1) is 21.6. The van der Waals surface area contributed by atoms with Gasteiger partial charge in [0.05, 0.1) is 31.1 Å². The second kappa shape index (κ2) is 9.68. The maximum atomic E-state index is 13.4. The molecule has 7 heteroatoms. The first-order valence-electron chi connectivity index (χ1n) is 11.4. The highest BCUT2D eigenvalue weighted by Crippen LogP contribution is 2.30. The summed E-state index contributed by atoms with van der Waals surface area (Å²) in [5.41, 5.74) is 10.3. The maximum Gasteiger partial charge on any atom is 0.254 e. The number of aromatic nitrogens is 2. The predicted molar refractivity (Wildman–Crippen MR) is 126 cm³/mol. The number of nitrogen functional groups attached to an aromatic ring is 1. The third-order valence-corrected chi connectivity index (χ3v) is 6.44. The van der Waals surface area contributed by atoms with E-state index in [1.54, 1.807) is 6.20 Å². The van der Waals surface area contributed by atoms with Gasteiger partial charge in [0.1, 0.15) is 11.5 Å². The molecule has 7 nitrogen and oxygen atoms in total. The van der Waals surface area contributed by atoms with Crippen molar-refractivity contribution in [2.45, 2.75) is 24.8 Å². The van der Waals surface area contributed by atoms with Crippen LogP contribution in [0.3, 0.4) is 0 Å². The molecule has 3 aromatic rings. The molecule has 0 radical (unpaired) electrons. The summed E-state index contributed by atoms with van der Waals surface area (Å²) in [6.07, 6.45) is 3.65. The lowest BCUT2D eigenvalue weighted by Crippen LogP contribution is -2.43. The SMILES string of the molecule is Nc1ncc(C2CCOCC2)nc1-c1ccc(C(=O)N2CCOC[C@@H]2c2ccccc2)cc1. The number of benzene rings is 2. The van der Waals surface area contributed by atoms with Gasteiger partial charge >= 0.3 is 0 Å². The van der Waals surface area contributed by atoms with Crippen molar-refractivity contribution < 1.29 is 14.3 Å². The summed E-state index contributed by atoms with van der Waals surface area (Å²) >= 11 is 0. The molecule has 2 N–H and O–H groups in total. The van der Waals surface area contributed by atoms with E-state index in [0.717, 1.165) is 42.9 Å². The number of nitrogens with two attached hydrogens (primary N) is 1. The number of hydrogen-bond donors (Lipinski definition) is 1. The van der Waals surface area contributed by atoms with E-state index in [9.17, 15) is 4.79 Å². The van der Waals surface area contributed by atoms with Crippen molar-refractivity contribution in [1.82, 2.24) is 14.9 Å². The Morgan fingerprint density at radius 3 is 2.48 bits per heavy atom. The number of nitrogens with zero attached hydrogens (tertiary/aromatic N) is 3. The molecule has 0 saturated carbocycles. The van der Waals surface area contributed by atoms with Gasteiger partial charge in [0.25, 0.3) is 5.91 Å². The minimum absolute atomic E-state index is 0.00582. The summed E-state index contributed by atoms with van der Waals surface area (Å²) in [5, 5.41) is 0. The van der Waals surface area contributed by atoms with E-state index in [1.165, 1.54) is 0 Å². The van der Waals surface area contributed by atoms with Crippen molar-refractivity contribution >= 4 is 11.7 Å². The molecule has 1 amide bonds. The number of morpholine rings is 1. The Kier molecular flexibility index (Phi) is 6.32. The van der Waals surface area contributed by atoms with Crippen molar-refractivity contribution in [3.05, 3.63) is 77.6 Å². The van der Waals surface area contributed by atoms with Crippen LogP contribution in [0.25, 0.3) is 11.3 Å². The Bertz CT molecular complexity index is 1100. The summed E-state index contributed by atoms with van der Waals surface area (Å²) < 4.78 is 11.1. The van der Waals surface area contributed by atoms with Crippen molar-refractivity contribution in [2.24, 2.45) is 0 Å².